The number of rotatable bonds is 1. The fourth-order valence-corrected chi connectivity index (χ4v) is 0.682. The minimum absolute atomic E-state index is 0.342. The molecule has 0 saturated heterocycles. The highest BCUT2D eigenvalue weighted by Gasteiger charge is 2.44. The van der Waals surface area contributed by atoms with E-state index in [9.17, 15) is 0 Å². The van der Waals surface area contributed by atoms with Crippen LogP contribution in [0.3, 0.4) is 0 Å². The van der Waals surface area contributed by atoms with E-state index in [0.29, 0.717) is 0 Å². The van der Waals surface area contributed by atoms with E-state index in [1.165, 1.54) is 0 Å². The van der Waals surface area contributed by atoms with Crippen LogP contribution in [0.1, 0.15) is 0 Å². The second-order valence-electron chi connectivity index (χ2n) is 1.39. The van der Waals surface area contributed by atoms with Gasteiger partial charge in [0.05, 0.1) is 5.88 Å². The summed E-state index contributed by atoms with van der Waals surface area (Å²) >= 11 is 25.9. The molecule has 0 aliphatic rings. The van der Waals surface area contributed by atoms with E-state index in [4.69, 9.17) is 63.1 Å². The molecule has 0 heterocycles. The summed E-state index contributed by atoms with van der Waals surface area (Å²) in [7, 11) is 0. The van der Waals surface area contributed by atoms with Crippen LogP contribution in [0.2, 0.25) is 0 Å². The zero-order valence-electron chi connectivity index (χ0n) is 4.04. The normalized spacial score (nSPS) is 19.3. The lowest BCUT2D eigenvalue weighted by Crippen LogP contribution is -2.38. The van der Waals surface area contributed by atoms with Crippen molar-refractivity contribution >= 4 is 58.0 Å². The van der Waals surface area contributed by atoms with Gasteiger partial charge in [-0.3, -0.25) is 0 Å². The Labute approximate surface area is 77.8 Å². The second kappa shape index (κ2) is 3.21. The lowest BCUT2D eigenvalue weighted by Gasteiger charge is -2.25. The first-order valence-electron chi connectivity index (χ1n) is 1.85. The maximum atomic E-state index is 8.90. The number of hydrogen-bond donors (Lipinski definition) is 1. The molecule has 0 aromatic rings. The third-order valence-corrected chi connectivity index (χ3v) is 2.78. The van der Waals surface area contributed by atoms with Crippen molar-refractivity contribution in [2.45, 2.75) is 8.85 Å². The second-order valence-corrected chi connectivity index (χ2v) is 4.56. The highest BCUT2D eigenvalue weighted by Crippen LogP contribution is 2.41. The molecule has 0 bridgehead atoms. The van der Waals surface area contributed by atoms with E-state index in [-0.39, 0.29) is 5.88 Å². The third kappa shape index (κ3) is 2.87. The molecule has 0 aliphatic heterocycles. The van der Waals surface area contributed by atoms with Gasteiger partial charge in [-0.2, -0.15) is 0 Å². The van der Waals surface area contributed by atoms with Gasteiger partial charge in [0, 0.05) is 0 Å². The standard InChI is InChI=1S/C3H3Cl5O/c4-1-2(5,9)3(6,7)8/h9H,1H2. The fraction of sp³-hybridized carbons (Fsp3) is 1.00. The Morgan fingerprint density at radius 1 is 1.11 bits per heavy atom. The van der Waals surface area contributed by atoms with Gasteiger partial charge in [0.15, 0.2) is 5.06 Å². The molecule has 0 amide bonds. The Morgan fingerprint density at radius 3 is 1.44 bits per heavy atom. The van der Waals surface area contributed by atoms with Gasteiger partial charge >= 0.3 is 0 Å². The van der Waals surface area contributed by atoms with Crippen LogP contribution < -0.4 is 0 Å². The van der Waals surface area contributed by atoms with Gasteiger partial charge in [0.1, 0.15) is 0 Å². The summed E-state index contributed by atoms with van der Waals surface area (Å²) in [6, 6.07) is 0. The van der Waals surface area contributed by atoms with Crippen LogP contribution in [0, 0.1) is 0 Å². The molecule has 0 aliphatic carbocycles. The summed E-state index contributed by atoms with van der Waals surface area (Å²) in [6.07, 6.45) is 0. The third-order valence-electron chi connectivity index (χ3n) is 0.611. The molecule has 1 nitrogen and oxygen atoms in total. The van der Waals surface area contributed by atoms with Crippen LogP contribution >= 0.6 is 58.0 Å². The molecular weight excluding hydrogens is 229 g/mol. The van der Waals surface area contributed by atoms with E-state index < -0.39 is 8.85 Å². The maximum absolute atomic E-state index is 8.90. The molecule has 6 heteroatoms. The molecule has 0 aromatic heterocycles. The first kappa shape index (κ1) is 10.4. The molecule has 0 fully saturated rings. The van der Waals surface area contributed by atoms with Crippen molar-refractivity contribution in [2.75, 3.05) is 5.88 Å². The van der Waals surface area contributed by atoms with Gasteiger partial charge in [-0.15, -0.1) is 11.6 Å². The maximum Gasteiger partial charge on any atom is 0.233 e. The predicted molar refractivity (Wildman–Crippen MR) is 41.8 cm³/mol. The van der Waals surface area contributed by atoms with Crippen LogP contribution in [0.5, 0.6) is 0 Å². The lowest BCUT2D eigenvalue weighted by molar-refractivity contribution is 0.157. The highest BCUT2D eigenvalue weighted by molar-refractivity contribution is 6.71. The Kier molecular flexibility index (Phi) is 3.71. The zero-order chi connectivity index (χ0) is 7.71. The summed E-state index contributed by atoms with van der Waals surface area (Å²) in [5, 5.41) is 6.91. The van der Waals surface area contributed by atoms with Crippen LogP contribution in [0.4, 0.5) is 0 Å². The van der Waals surface area contributed by atoms with Gasteiger partial charge in [0.2, 0.25) is 3.79 Å². The van der Waals surface area contributed by atoms with Crippen molar-refractivity contribution in [1.29, 1.82) is 0 Å². The van der Waals surface area contributed by atoms with E-state index in [1.54, 1.807) is 0 Å². The van der Waals surface area contributed by atoms with Crippen molar-refractivity contribution in [2.24, 2.45) is 0 Å². The quantitative estimate of drug-likeness (QED) is 0.689. The topological polar surface area (TPSA) is 20.2 Å². The summed E-state index contributed by atoms with van der Waals surface area (Å²) in [5.41, 5.74) is 0. The summed E-state index contributed by atoms with van der Waals surface area (Å²) in [5.74, 6) is -0.342. The number of aliphatic hydroxyl groups is 1. The van der Waals surface area contributed by atoms with E-state index in [1.807, 2.05) is 0 Å². The minimum Gasteiger partial charge on any atom is -0.370 e. The van der Waals surface area contributed by atoms with Crippen molar-refractivity contribution in [1.82, 2.24) is 0 Å². The molecule has 0 spiro atoms. The van der Waals surface area contributed by atoms with Gasteiger partial charge in [0.25, 0.3) is 0 Å². The van der Waals surface area contributed by atoms with E-state index in [0.717, 1.165) is 0 Å². The molecule has 56 valence electrons. The van der Waals surface area contributed by atoms with Gasteiger partial charge in [-0.05, 0) is 0 Å². The largest absolute Gasteiger partial charge is 0.370 e. The Hall–Kier alpha value is 1.41. The molecular formula is C3H3Cl5O. The monoisotopic (exact) mass is 230 g/mol. The Bertz CT molecular complexity index is 94.9. The molecule has 0 aromatic carbocycles. The van der Waals surface area contributed by atoms with Crippen molar-refractivity contribution < 1.29 is 5.11 Å². The first-order valence-corrected chi connectivity index (χ1v) is 3.90. The van der Waals surface area contributed by atoms with Crippen LogP contribution in [-0.4, -0.2) is 19.8 Å². The van der Waals surface area contributed by atoms with Crippen molar-refractivity contribution in [3.8, 4) is 0 Å². The molecule has 1 N–H and O–H groups in total. The molecule has 1 unspecified atom stereocenters. The zero-order valence-corrected chi connectivity index (χ0v) is 7.82. The molecule has 0 radical (unpaired) electrons. The number of halogens is 5. The predicted octanol–water partition coefficient (Wildman–Crippen LogP) is 2.52. The highest BCUT2D eigenvalue weighted by atomic mass is 35.6. The average molecular weight is 232 g/mol. The minimum atomic E-state index is -1.99. The molecule has 1 atom stereocenters. The van der Waals surface area contributed by atoms with Crippen LogP contribution in [0.15, 0.2) is 0 Å². The van der Waals surface area contributed by atoms with Crippen LogP contribution in [-0.2, 0) is 0 Å². The molecule has 0 rings (SSSR count). The SMILES string of the molecule is OC(Cl)(CCl)C(Cl)(Cl)Cl. The first-order chi connectivity index (χ1) is 3.81. The summed E-state index contributed by atoms with van der Waals surface area (Å²) < 4.78 is -1.95. The summed E-state index contributed by atoms with van der Waals surface area (Å²) in [4.78, 5) is 0. The Balaban J connectivity index is 4.14. The average Bonchev–Trinajstić information content (AvgIpc) is 1.64. The number of alkyl halides is 5. The van der Waals surface area contributed by atoms with E-state index >= 15 is 0 Å². The van der Waals surface area contributed by atoms with E-state index in [2.05, 4.69) is 0 Å². The Morgan fingerprint density at radius 2 is 1.44 bits per heavy atom. The summed E-state index contributed by atoms with van der Waals surface area (Å²) in [6.45, 7) is 0. The van der Waals surface area contributed by atoms with Crippen molar-refractivity contribution in [3.05, 3.63) is 0 Å². The molecule has 9 heavy (non-hydrogen) atoms. The van der Waals surface area contributed by atoms with Gasteiger partial charge in [-0.1, -0.05) is 46.4 Å². The number of hydrogen-bond acceptors (Lipinski definition) is 1. The smallest absolute Gasteiger partial charge is 0.233 e. The van der Waals surface area contributed by atoms with Crippen molar-refractivity contribution in [3.63, 3.8) is 0 Å². The lowest BCUT2D eigenvalue weighted by atomic mass is 10.4. The fourth-order valence-electron chi connectivity index (χ4n) is 0.0758. The van der Waals surface area contributed by atoms with Gasteiger partial charge < -0.3 is 5.11 Å². The molecule has 0 saturated carbocycles. The van der Waals surface area contributed by atoms with Gasteiger partial charge in [-0.25, -0.2) is 0 Å². The van der Waals surface area contributed by atoms with Crippen LogP contribution in [0.25, 0.3) is 0 Å².